The van der Waals surface area contributed by atoms with E-state index in [-0.39, 0.29) is 17.1 Å². The van der Waals surface area contributed by atoms with Crippen molar-refractivity contribution >= 4 is 23.1 Å². The van der Waals surface area contributed by atoms with E-state index >= 15 is 0 Å². The van der Waals surface area contributed by atoms with Crippen LogP contribution >= 0.6 is 11.5 Å². The van der Waals surface area contributed by atoms with Gasteiger partial charge >= 0.3 is 0 Å². The molecular formula is C14H12FN3OS. The molecule has 2 aromatic rings. The molecular weight excluding hydrogens is 277 g/mol. The lowest BCUT2D eigenvalue weighted by Gasteiger charge is -2.38. The second kappa shape index (κ2) is 4.09. The van der Waals surface area contributed by atoms with Gasteiger partial charge in [-0.3, -0.25) is 4.79 Å². The van der Waals surface area contributed by atoms with Gasteiger partial charge in [0.2, 0.25) is 0 Å². The average molecular weight is 289 g/mol. The van der Waals surface area contributed by atoms with Gasteiger partial charge < -0.3 is 4.90 Å². The van der Waals surface area contributed by atoms with E-state index in [1.54, 1.807) is 11.0 Å². The van der Waals surface area contributed by atoms with Gasteiger partial charge in [0, 0.05) is 17.5 Å². The molecule has 1 saturated carbocycles. The lowest BCUT2D eigenvalue weighted by atomic mass is 9.65. The van der Waals surface area contributed by atoms with Crippen LogP contribution in [0.15, 0.2) is 24.4 Å². The van der Waals surface area contributed by atoms with Crippen molar-refractivity contribution in [2.75, 3.05) is 11.4 Å². The van der Waals surface area contributed by atoms with Crippen molar-refractivity contribution in [3.8, 4) is 0 Å². The van der Waals surface area contributed by atoms with Gasteiger partial charge in [-0.15, -0.1) is 5.10 Å². The topological polar surface area (TPSA) is 46.1 Å². The van der Waals surface area contributed by atoms with E-state index in [2.05, 4.69) is 9.59 Å². The summed E-state index contributed by atoms with van der Waals surface area (Å²) in [6, 6.07) is 4.98. The van der Waals surface area contributed by atoms with Crippen molar-refractivity contribution in [2.24, 2.45) is 0 Å². The van der Waals surface area contributed by atoms with Crippen LogP contribution < -0.4 is 4.90 Å². The minimum absolute atomic E-state index is 0.129. The molecule has 0 N–H and O–H groups in total. The Morgan fingerprint density at radius 2 is 2.25 bits per heavy atom. The molecule has 0 unspecified atom stereocenters. The number of aromatic nitrogens is 2. The van der Waals surface area contributed by atoms with Gasteiger partial charge in [0.15, 0.2) is 0 Å². The smallest absolute Gasteiger partial charge is 0.271 e. The maximum absolute atomic E-state index is 14.2. The van der Waals surface area contributed by atoms with Crippen LogP contribution in [0.1, 0.15) is 34.5 Å². The molecule has 102 valence electrons. The van der Waals surface area contributed by atoms with Crippen molar-refractivity contribution < 1.29 is 9.18 Å². The second-order valence-electron chi connectivity index (χ2n) is 5.44. The SMILES string of the molecule is O=C(c1cnns1)N1CC2(CCC2)c2c(F)cccc21. The summed E-state index contributed by atoms with van der Waals surface area (Å²) in [5.41, 5.74) is 1.26. The molecule has 1 aromatic carbocycles. The number of hydrogen-bond donors (Lipinski definition) is 0. The molecule has 2 aliphatic rings. The maximum Gasteiger partial charge on any atom is 0.271 e. The fourth-order valence-corrected chi connectivity index (χ4v) is 3.78. The Morgan fingerprint density at radius 3 is 2.90 bits per heavy atom. The van der Waals surface area contributed by atoms with E-state index in [1.807, 2.05) is 6.07 Å². The highest BCUT2D eigenvalue weighted by Gasteiger charge is 2.50. The molecule has 1 spiro atoms. The third-order valence-corrected chi connectivity index (χ3v) is 5.05. The van der Waals surface area contributed by atoms with E-state index in [0.29, 0.717) is 17.1 Å². The molecule has 1 fully saturated rings. The molecule has 6 heteroatoms. The number of benzene rings is 1. The fraction of sp³-hybridized carbons (Fsp3) is 0.357. The molecule has 1 amide bonds. The number of amides is 1. The monoisotopic (exact) mass is 289 g/mol. The van der Waals surface area contributed by atoms with Gasteiger partial charge in [0.05, 0.1) is 11.9 Å². The zero-order chi connectivity index (χ0) is 13.7. The quantitative estimate of drug-likeness (QED) is 0.811. The van der Waals surface area contributed by atoms with E-state index in [4.69, 9.17) is 0 Å². The predicted octanol–water partition coefficient (Wildman–Crippen LogP) is 2.76. The average Bonchev–Trinajstić information content (AvgIpc) is 3.03. The summed E-state index contributed by atoms with van der Waals surface area (Å²) in [5, 5.41) is 3.71. The van der Waals surface area contributed by atoms with Gasteiger partial charge in [-0.25, -0.2) is 4.39 Å². The molecule has 0 saturated heterocycles. The number of halogens is 1. The molecule has 4 nitrogen and oxygen atoms in total. The minimum Gasteiger partial charge on any atom is -0.306 e. The highest BCUT2D eigenvalue weighted by Crippen LogP contribution is 2.53. The molecule has 0 bridgehead atoms. The largest absolute Gasteiger partial charge is 0.306 e. The van der Waals surface area contributed by atoms with Gasteiger partial charge in [0.25, 0.3) is 5.91 Å². The molecule has 2 heterocycles. The van der Waals surface area contributed by atoms with Gasteiger partial charge in [-0.05, 0) is 36.5 Å². The fourth-order valence-electron chi connectivity index (χ4n) is 3.32. The summed E-state index contributed by atoms with van der Waals surface area (Å²) in [4.78, 5) is 14.7. The van der Waals surface area contributed by atoms with Crippen LogP contribution in [0.25, 0.3) is 0 Å². The van der Waals surface area contributed by atoms with Crippen LogP contribution in [-0.2, 0) is 5.41 Å². The zero-order valence-electron chi connectivity index (χ0n) is 10.7. The van der Waals surface area contributed by atoms with Gasteiger partial charge in [0.1, 0.15) is 10.7 Å². The Morgan fingerprint density at radius 1 is 1.40 bits per heavy atom. The maximum atomic E-state index is 14.2. The van der Waals surface area contributed by atoms with Crippen molar-refractivity contribution in [3.63, 3.8) is 0 Å². The highest BCUT2D eigenvalue weighted by atomic mass is 32.1. The molecule has 0 atom stereocenters. The molecule has 20 heavy (non-hydrogen) atoms. The number of rotatable bonds is 1. The van der Waals surface area contributed by atoms with E-state index in [0.717, 1.165) is 36.4 Å². The zero-order valence-corrected chi connectivity index (χ0v) is 11.5. The predicted molar refractivity (Wildman–Crippen MR) is 73.5 cm³/mol. The van der Waals surface area contributed by atoms with Crippen LogP contribution in [0.3, 0.4) is 0 Å². The number of anilines is 1. The van der Waals surface area contributed by atoms with Crippen molar-refractivity contribution in [1.82, 2.24) is 9.59 Å². The first-order valence-electron chi connectivity index (χ1n) is 6.59. The summed E-state index contributed by atoms with van der Waals surface area (Å²) >= 11 is 1.08. The number of fused-ring (bicyclic) bond motifs is 2. The summed E-state index contributed by atoms with van der Waals surface area (Å²) in [6.07, 6.45) is 4.47. The Labute approximate surface area is 119 Å². The normalized spacial score (nSPS) is 18.9. The van der Waals surface area contributed by atoms with Crippen LogP contribution in [0, 0.1) is 5.82 Å². The van der Waals surface area contributed by atoms with E-state index in [9.17, 15) is 9.18 Å². The Hall–Kier alpha value is -1.82. The lowest BCUT2D eigenvalue weighted by molar-refractivity contribution is 0.0982. The lowest BCUT2D eigenvalue weighted by Crippen LogP contribution is -2.41. The Bertz CT molecular complexity index is 682. The van der Waals surface area contributed by atoms with Crippen LogP contribution in [0.5, 0.6) is 0 Å². The summed E-state index contributed by atoms with van der Waals surface area (Å²) < 4.78 is 18.0. The van der Waals surface area contributed by atoms with Crippen molar-refractivity contribution in [2.45, 2.75) is 24.7 Å². The molecule has 1 aliphatic carbocycles. The van der Waals surface area contributed by atoms with Crippen molar-refractivity contribution in [3.05, 3.63) is 40.7 Å². The Kier molecular flexibility index (Phi) is 2.44. The molecule has 1 aliphatic heterocycles. The van der Waals surface area contributed by atoms with E-state index in [1.165, 1.54) is 12.3 Å². The highest BCUT2D eigenvalue weighted by molar-refractivity contribution is 7.07. The third kappa shape index (κ3) is 1.48. The Balaban J connectivity index is 1.81. The van der Waals surface area contributed by atoms with Gasteiger partial charge in [-0.1, -0.05) is 17.0 Å². The summed E-state index contributed by atoms with van der Waals surface area (Å²) in [6.45, 7) is 0.569. The first kappa shape index (κ1) is 12.0. The number of carbonyl (C=O) groups is 1. The van der Waals surface area contributed by atoms with E-state index < -0.39 is 0 Å². The molecule has 0 radical (unpaired) electrons. The first-order valence-corrected chi connectivity index (χ1v) is 7.37. The summed E-state index contributed by atoms with van der Waals surface area (Å²) in [5.74, 6) is -0.324. The number of hydrogen-bond acceptors (Lipinski definition) is 4. The summed E-state index contributed by atoms with van der Waals surface area (Å²) in [7, 11) is 0. The number of carbonyl (C=O) groups excluding carboxylic acids is 1. The third-order valence-electron chi connectivity index (χ3n) is 4.40. The van der Waals surface area contributed by atoms with Crippen LogP contribution in [0.2, 0.25) is 0 Å². The standard InChI is InChI=1S/C14H12FN3OS/c15-9-3-1-4-10-12(9)14(5-2-6-14)8-18(10)13(19)11-7-16-17-20-11/h1,3-4,7H,2,5-6,8H2. The molecule has 1 aromatic heterocycles. The van der Waals surface area contributed by atoms with Crippen LogP contribution in [0.4, 0.5) is 10.1 Å². The second-order valence-corrected chi connectivity index (χ2v) is 6.23. The first-order chi connectivity index (χ1) is 9.71. The van der Waals surface area contributed by atoms with Gasteiger partial charge in [-0.2, -0.15) is 0 Å². The van der Waals surface area contributed by atoms with Crippen molar-refractivity contribution in [1.29, 1.82) is 0 Å². The molecule has 4 rings (SSSR count). The van der Waals surface area contributed by atoms with Crippen LogP contribution in [-0.4, -0.2) is 22.0 Å². The number of nitrogens with zero attached hydrogens (tertiary/aromatic N) is 3. The minimum atomic E-state index is -0.195.